The van der Waals surface area contributed by atoms with E-state index in [1.54, 1.807) is 0 Å². The van der Waals surface area contributed by atoms with Gasteiger partial charge in [-0.05, 0) is 12.1 Å². The van der Waals surface area contributed by atoms with Crippen LogP contribution in [-0.4, -0.2) is 9.85 Å². The van der Waals surface area contributed by atoms with Crippen LogP contribution < -0.4 is 0 Å². The van der Waals surface area contributed by atoms with Gasteiger partial charge in [0.2, 0.25) is 0 Å². The zero-order valence-electron chi connectivity index (χ0n) is 5.75. The van der Waals surface area contributed by atoms with Crippen molar-refractivity contribution in [1.82, 2.24) is 0 Å². The maximum atomic E-state index is 10.1. The molecule has 1 heterocycles. The third-order valence-electron chi connectivity index (χ3n) is 1.20. The van der Waals surface area contributed by atoms with Crippen molar-refractivity contribution >= 4 is 0 Å². The third-order valence-corrected chi connectivity index (χ3v) is 1.20. The van der Waals surface area contributed by atoms with Gasteiger partial charge in [0.25, 0.3) is 5.76 Å². The van der Waals surface area contributed by atoms with Gasteiger partial charge in [0, 0.05) is 0 Å². The van der Waals surface area contributed by atoms with Crippen molar-refractivity contribution in [2.45, 2.75) is 6.17 Å². The lowest BCUT2D eigenvalue weighted by atomic mass is 10.4. The SMILES string of the molecule is O=[N+]([O-])C(c1ccco1)[N+](=O)[O-]. The molecule has 0 N–H and O–H groups in total. The smallest absolute Gasteiger partial charge is 0.455 e. The quantitative estimate of drug-likeness (QED) is 0.382. The molecule has 0 amide bonds. The van der Waals surface area contributed by atoms with Crippen LogP contribution in [0.4, 0.5) is 0 Å². The van der Waals surface area contributed by atoms with Crippen LogP contribution in [0.1, 0.15) is 11.9 Å². The molecule has 12 heavy (non-hydrogen) atoms. The molecule has 7 nitrogen and oxygen atoms in total. The second-order valence-electron chi connectivity index (χ2n) is 1.96. The van der Waals surface area contributed by atoms with Crippen LogP contribution in [0.15, 0.2) is 22.8 Å². The van der Waals surface area contributed by atoms with Gasteiger partial charge in [-0.2, -0.15) is 0 Å². The van der Waals surface area contributed by atoms with Crippen molar-refractivity contribution < 1.29 is 14.3 Å². The van der Waals surface area contributed by atoms with Gasteiger partial charge in [-0.3, -0.25) is 20.2 Å². The summed E-state index contributed by atoms with van der Waals surface area (Å²) in [5.74, 6) is -0.273. The third kappa shape index (κ3) is 1.39. The topological polar surface area (TPSA) is 99.4 Å². The van der Waals surface area contributed by atoms with E-state index in [2.05, 4.69) is 4.42 Å². The molecule has 0 bridgehead atoms. The highest BCUT2D eigenvalue weighted by Gasteiger charge is 2.37. The number of nitrogens with zero attached hydrogens (tertiary/aromatic N) is 2. The minimum absolute atomic E-state index is 0.273. The maximum Gasteiger partial charge on any atom is 0.507 e. The lowest BCUT2D eigenvalue weighted by Crippen LogP contribution is -2.18. The fourth-order valence-electron chi connectivity index (χ4n) is 0.723. The molecule has 0 aromatic carbocycles. The van der Waals surface area contributed by atoms with Gasteiger partial charge in [0.1, 0.15) is 9.85 Å². The number of hydrogen-bond donors (Lipinski definition) is 0. The van der Waals surface area contributed by atoms with Crippen molar-refractivity contribution in [1.29, 1.82) is 0 Å². The lowest BCUT2D eigenvalue weighted by molar-refractivity contribution is -0.755. The Kier molecular flexibility index (Phi) is 2.04. The highest BCUT2D eigenvalue weighted by molar-refractivity contribution is 4.98. The van der Waals surface area contributed by atoms with Crippen molar-refractivity contribution in [3.8, 4) is 0 Å². The molecule has 0 fully saturated rings. The number of furan rings is 1. The molecule has 0 aliphatic carbocycles. The van der Waals surface area contributed by atoms with E-state index in [1.807, 2.05) is 0 Å². The summed E-state index contributed by atoms with van der Waals surface area (Å²) in [6, 6.07) is 2.55. The minimum atomic E-state index is -2.00. The molecule has 7 heteroatoms. The van der Waals surface area contributed by atoms with Crippen LogP contribution >= 0.6 is 0 Å². The molecule has 0 atom stereocenters. The number of nitro groups is 2. The zero-order valence-corrected chi connectivity index (χ0v) is 5.75. The molecule has 1 aromatic rings. The Morgan fingerprint density at radius 3 is 2.25 bits per heavy atom. The molecular weight excluding hydrogens is 168 g/mol. The summed E-state index contributed by atoms with van der Waals surface area (Å²) in [6.07, 6.45) is -0.852. The van der Waals surface area contributed by atoms with Gasteiger partial charge in [0.05, 0.1) is 6.26 Å². The summed E-state index contributed by atoms with van der Waals surface area (Å²) in [7, 11) is 0. The van der Waals surface area contributed by atoms with Gasteiger partial charge in [-0.25, -0.2) is 0 Å². The Bertz CT molecular complexity index is 279. The molecule has 0 radical (unpaired) electrons. The van der Waals surface area contributed by atoms with Gasteiger partial charge < -0.3 is 4.42 Å². The minimum Gasteiger partial charge on any atom is -0.455 e. The number of hydrogen-bond acceptors (Lipinski definition) is 5. The van der Waals surface area contributed by atoms with Crippen molar-refractivity contribution in [2.75, 3.05) is 0 Å². The Hall–Kier alpha value is -1.92. The van der Waals surface area contributed by atoms with E-state index in [0.717, 1.165) is 6.26 Å². The van der Waals surface area contributed by atoms with E-state index in [0.29, 0.717) is 0 Å². The second kappa shape index (κ2) is 2.99. The van der Waals surface area contributed by atoms with Crippen LogP contribution in [0.2, 0.25) is 0 Å². The average molecular weight is 172 g/mol. The molecule has 0 spiro atoms. The van der Waals surface area contributed by atoms with Crippen LogP contribution in [-0.2, 0) is 0 Å². The van der Waals surface area contributed by atoms with Crippen molar-refractivity contribution in [3.05, 3.63) is 44.4 Å². The first-order valence-corrected chi connectivity index (χ1v) is 2.93. The average Bonchev–Trinajstić information content (AvgIpc) is 2.37. The molecule has 0 aliphatic rings. The normalized spacial score (nSPS) is 10.1. The lowest BCUT2D eigenvalue weighted by Gasteiger charge is -1.96. The standard InChI is InChI=1S/C5H4N2O5/c8-6(9)5(7(10)11)4-2-1-3-12-4/h1-3,5H. The zero-order chi connectivity index (χ0) is 9.14. The van der Waals surface area contributed by atoms with E-state index < -0.39 is 16.0 Å². The van der Waals surface area contributed by atoms with Crippen LogP contribution in [0, 0.1) is 20.2 Å². The molecule has 1 aromatic heterocycles. The summed E-state index contributed by atoms with van der Waals surface area (Å²) in [5.41, 5.74) is 0. The summed E-state index contributed by atoms with van der Waals surface area (Å²) in [6.45, 7) is 0. The second-order valence-corrected chi connectivity index (χ2v) is 1.96. The first-order chi connectivity index (χ1) is 5.63. The summed E-state index contributed by atoms with van der Waals surface area (Å²) < 4.78 is 4.53. The van der Waals surface area contributed by atoms with Gasteiger partial charge in [-0.15, -0.1) is 0 Å². The molecule has 0 saturated carbocycles. The Balaban J connectivity index is 2.96. The molecule has 1 rings (SSSR count). The molecule has 0 unspecified atom stereocenters. The van der Waals surface area contributed by atoms with E-state index >= 15 is 0 Å². The van der Waals surface area contributed by atoms with Crippen molar-refractivity contribution in [3.63, 3.8) is 0 Å². The van der Waals surface area contributed by atoms with Crippen LogP contribution in [0.5, 0.6) is 0 Å². The van der Waals surface area contributed by atoms with Gasteiger partial charge in [-0.1, -0.05) is 0 Å². The Morgan fingerprint density at radius 1 is 1.33 bits per heavy atom. The number of rotatable bonds is 3. The van der Waals surface area contributed by atoms with E-state index in [-0.39, 0.29) is 5.76 Å². The molecular formula is C5H4N2O5. The molecule has 0 saturated heterocycles. The summed E-state index contributed by atoms with van der Waals surface area (Å²) in [5, 5.41) is 20.3. The first-order valence-electron chi connectivity index (χ1n) is 2.93. The summed E-state index contributed by atoms with van der Waals surface area (Å²) >= 11 is 0. The predicted molar refractivity (Wildman–Crippen MR) is 35.4 cm³/mol. The predicted octanol–water partition coefficient (Wildman–Crippen LogP) is 0.832. The van der Waals surface area contributed by atoms with Gasteiger partial charge >= 0.3 is 6.17 Å². The largest absolute Gasteiger partial charge is 0.507 e. The fourth-order valence-corrected chi connectivity index (χ4v) is 0.723. The highest BCUT2D eigenvalue weighted by atomic mass is 16.7. The van der Waals surface area contributed by atoms with Crippen LogP contribution in [0.25, 0.3) is 0 Å². The molecule has 64 valence electrons. The van der Waals surface area contributed by atoms with Crippen LogP contribution in [0.3, 0.4) is 0 Å². The van der Waals surface area contributed by atoms with E-state index in [9.17, 15) is 20.2 Å². The van der Waals surface area contributed by atoms with Gasteiger partial charge in [0.15, 0.2) is 0 Å². The monoisotopic (exact) mass is 172 g/mol. The summed E-state index contributed by atoms with van der Waals surface area (Å²) in [4.78, 5) is 18.3. The molecule has 0 aliphatic heterocycles. The van der Waals surface area contributed by atoms with Crippen molar-refractivity contribution in [2.24, 2.45) is 0 Å². The Labute approximate surface area is 65.9 Å². The maximum absolute atomic E-state index is 10.1. The van der Waals surface area contributed by atoms with E-state index in [4.69, 9.17) is 0 Å². The first kappa shape index (κ1) is 8.18. The fraction of sp³-hybridized carbons (Fsp3) is 0.200. The Morgan fingerprint density at radius 2 is 1.92 bits per heavy atom. The highest BCUT2D eigenvalue weighted by Crippen LogP contribution is 2.16. The van der Waals surface area contributed by atoms with E-state index in [1.165, 1.54) is 12.1 Å².